The van der Waals surface area contributed by atoms with Gasteiger partial charge >= 0.3 is 0 Å². The summed E-state index contributed by atoms with van der Waals surface area (Å²) in [6, 6.07) is 3.88. The summed E-state index contributed by atoms with van der Waals surface area (Å²) < 4.78 is 1.75. The monoisotopic (exact) mass is 413 g/mol. The van der Waals surface area contributed by atoms with Crippen molar-refractivity contribution in [3.8, 4) is 0 Å². The molecule has 9 heteroatoms. The number of hydrogen-bond donors (Lipinski definition) is 0. The second-order valence-corrected chi connectivity index (χ2v) is 9.36. The molecule has 4 rings (SSSR count). The third-order valence-corrected chi connectivity index (χ3v) is 6.02. The van der Waals surface area contributed by atoms with Gasteiger partial charge in [0, 0.05) is 44.7 Å². The number of nitrogens with zero attached hydrogens (tertiary/aromatic N) is 7. The molecule has 2 fully saturated rings. The predicted molar refractivity (Wildman–Crippen MR) is 113 cm³/mol. The zero-order valence-corrected chi connectivity index (χ0v) is 18.3. The number of fused-ring (bicyclic) bond motifs is 1. The molecular weight excluding hydrogens is 382 g/mol. The largest absolute Gasteiger partial charge is 0.352 e. The van der Waals surface area contributed by atoms with Gasteiger partial charge in [0.1, 0.15) is 5.82 Å². The lowest BCUT2D eigenvalue weighted by Crippen LogP contribution is -2.54. The topological polar surface area (TPSA) is 86.9 Å². The van der Waals surface area contributed by atoms with Gasteiger partial charge in [0.15, 0.2) is 11.5 Å². The maximum Gasteiger partial charge on any atom is 0.227 e. The van der Waals surface area contributed by atoms with E-state index in [1.165, 1.54) is 0 Å². The van der Waals surface area contributed by atoms with Crippen molar-refractivity contribution in [1.82, 2.24) is 29.6 Å². The van der Waals surface area contributed by atoms with Crippen molar-refractivity contribution < 1.29 is 9.59 Å². The van der Waals surface area contributed by atoms with Crippen LogP contribution in [0.5, 0.6) is 0 Å². The van der Waals surface area contributed by atoms with Crippen LogP contribution in [0.25, 0.3) is 5.65 Å². The highest BCUT2D eigenvalue weighted by Gasteiger charge is 2.35. The fourth-order valence-electron chi connectivity index (χ4n) is 4.31. The second-order valence-electron chi connectivity index (χ2n) is 9.36. The minimum absolute atomic E-state index is 0.0919. The fourth-order valence-corrected chi connectivity index (χ4v) is 4.31. The lowest BCUT2D eigenvalue weighted by atomic mass is 9.90. The number of likely N-dealkylation sites (tertiary alicyclic amines) is 1. The minimum atomic E-state index is -0.409. The van der Waals surface area contributed by atoms with Gasteiger partial charge in [-0.1, -0.05) is 20.8 Å². The van der Waals surface area contributed by atoms with E-state index in [2.05, 4.69) is 20.2 Å². The van der Waals surface area contributed by atoms with Gasteiger partial charge in [-0.3, -0.25) is 9.59 Å². The van der Waals surface area contributed by atoms with Gasteiger partial charge in [0.2, 0.25) is 11.8 Å². The standard InChI is InChI=1S/C21H31N7O2/c1-15-22-23-17-7-8-18(24-28(15)17)25-10-12-26(13-11-25)19(29)16-6-5-9-27(14-16)20(30)21(2,3)4/h7-8,16H,5-6,9-14H2,1-4H3/t16-/m0/s1. The molecule has 0 bridgehead atoms. The number of aromatic nitrogens is 4. The molecule has 4 heterocycles. The maximum absolute atomic E-state index is 13.1. The van der Waals surface area contributed by atoms with Crippen molar-refractivity contribution in [2.45, 2.75) is 40.5 Å². The normalized spacial score (nSPS) is 20.7. The number of piperazine rings is 1. The number of aryl methyl sites for hydroxylation is 1. The smallest absolute Gasteiger partial charge is 0.227 e. The summed E-state index contributed by atoms with van der Waals surface area (Å²) >= 11 is 0. The molecule has 2 aliphatic rings. The Balaban J connectivity index is 1.36. The molecule has 2 aromatic rings. The first-order valence-corrected chi connectivity index (χ1v) is 10.8. The van der Waals surface area contributed by atoms with Crippen molar-refractivity contribution in [3.05, 3.63) is 18.0 Å². The van der Waals surface area contributed by atoms with Crippen LogP contribution in [0.4, 0.5) is 5.82 Å². The van der Waals surface area contributed by atoms with Gasteiger partial charge in [-0.15, -0.1) is 15.3 Å². The van der Waals surface area contributed by atoms with Gasteiger partial charge in [0.25, 0.3) is 0 Å². The summed E-state index contributed by atoms with van der Waals surface area (Å²) in [5.74, 6) is 1.85. The molecule has 2 amide bonds. The van der Waals surface area contributed by atoms with E-state index >= 15 is 0 Å². The highest BCUT2D eigenvalue weighted by atomic mass is 16.2. The molecule has 0 aromatic carbocycles. The molecule has 2 aromatic heterocycles. The van der Waals surface area contributed by atoms with E-state index < -0.39 is 5.41 Å². The summed E-state index contributed by atoms with van der Waals surface area (Å²) in [5.41, 5.74) is 0.324. The summed E-state index contributed by atoms with van der Waals surface area (Å²) in [4.78, 5) is 31.8. The van der Waals surface area contributed by atoms with E-state index in [4.69, 9.17) is 0 Å². The van der Waals surface area contributed by atoms with E-state index in [-0.39, 0.29) is 17.7 Å². The van der Waals surface area contributed by atoms with Crippen LogP contribution in [-0.2, 0) is 9.59 Å². The molecule has 0 unspecified atom stereocenters. The lowest BCUT2D eigenvalue weighted by Gasteiger charge is -2.40. The third kappa shape index (κ3) is 3.97. The summed E-state index contributed by atoms with van der Waals surface area (Å²) in [6.07, 6.45) is 1.75. The Morgan fingerprint density at radius 2 is 1.73 bits per heavy atom. The molecule has 0 saturated carbocycles. The number of hydrogen-bond acceptors (Lipinski definition) is 6. The number of anilines is 1. The first kappa shape index (κ1) is 20.6. The van der Waals surface area contributed by atoms with Gasteiger partial charge in [-0.2, -0.15) is 4.52 Å². The zero-order valence-electron chi connectivity index (χ0n) is 18.3. The highest BCUT2D eigenvalue weighted by Crippen LogP contribution is 2.25. The molecule has 2 aliphatic heterocycles. The Labute approximate surface area is 177 Å². The molecule has 0 spiro atoms. The molecule has 0 radical (unpaired) electrons. The van der Waals surface area contributed by atoms with Crippen LogP contribution in [-0.4, -0.2) is 80.7 Å². The molecule has 0 aliphatic carbocycles. The number of carbonyl (C=O) groups excluding carboxylic acids is 2. The Morgan fingerprint density at radius 1 is 1.00 bits per heavy atom. The Hall–Kier alpha value is -2.71. The quantitative estimate of drug-likeness (QED) is 0.739. The molecule has 9 nitrogen and oxygen atoms in total. The lowest BCUT2D eigenvalue weighted by molar-refractivity contribution is -0.145. The van der Waals surface area contributed by atoms with Gasteiger partial charge in [0.05, 0.1) is 5.92 Å². The average Bonchev–Trinajstić information content (AvgIpc) is 3.12. The molecular formula is C21H31N7O2. The van der Waals surface area contributed by atoms with E-state index in [9.17, 15) is 9.59 Å². The van der Waals surface area contributed by atoms with Gasteiger partial charge in [-0.05, 0) is 31.9 Å². The van der Waals surface area contributed by atoms with Crippen molar-refractivity contribution in [2.75, 3.05) is 44.2 Å². The summed E-state index contributed by atoms with van der Waals surface area (Å²) in [6.45, 7) is 11.8. The SMILES string of the molecule is Cc1nnc2ccc(N3CCN(C(=O)[C@H]4CCCN(C(=O)C(C)(C)C)C4)CC3)nn12. The van der Waals surface area contributed by atoms with E-state index in [0.29, 0.717) is 19.6 Å². The maximum atomic E-state index is 13.1. The molecule has 30 heavy (non-hydrogen) atoms. The van der Waals surface area contributed by atoms with Gasteiger partial charge in [-0.25, -0.2) is 0 Å². The second kappa shape index (κ2) is 7.85. The average molecular weight is 414 g/mol. The van der Waals surface area contributed by atoms with Crippen molar-refractivity contribution in [3.63, 3.8) is 0 Å². The number of piperidine rings is 1. The van der Waals surface area contributed by atoms with Crippen LogP contribution in [0.1, 0.15) is 39.4 Å². The Bertz CT molecular complexity index is 940. The number of amides is 2. The molecule has 0 N–H and O–H groups in total. The van der Waals surface area contributed by atoms with Gasteiger partial charge < -0.3 is 14.7 Å². The van der Waals surface area contributed by atoms with Crippen LogP contribution in [0.3, 0.4) is 0 Å². The van der Waals surface area contributed by atoms with Crippen molar-refractivity contribution in [1.29, 1.82) is 0 Å². The minimum Gasteiger partial charge on any atom is -0.352 e. The Kier molecular flexibility index (Phi) is 5.38. The van der Waals surface area contributed by atoms with Crippen molar-refractivity contribution in [2.24, 2.45) is 11.3 Å². The molecule has 162 valence electrons. The fraction of sp³-hybridized carbons (Fsp3) is 0.667. The van der Waals surface area contributed by atoms with E-state index in [1.54, 1.807) is 4.52 Å². The van der Waals surface area contributed by atoms with Crippen LogP contribution in [0, 0.1) is 18.3 Å². The number of carbonyl (C=O) groups is 2. The zero-order chi connectivity index (χ0) is 21.5. The molecule has 2 saturated heterocycles. The van der Waals surface area contributed by atoms with Crippen LogP contribution in [0.15, 0.2) is 12.1 Å². The van der Waals surface area contributed by atoms with E-state index in [0.717, 1.165) is 49.8 Å². The highest BCUT2D eigenvalue weighted by molar-refractivity contribution is 5.84. The summed E-state index contributed by atoms with van der Waals surface area (Å²) in [7, 11) is 0. The van der Waals surface area contributed by atoms with Crippen molar-refractivity contribution >= 4 is 23.3 Å². The first-order chi connectivity index (χ1) is 14.2. The number of rotatable bonds is 2. The predicted octanol–water partition coefficient (Wildman–Crippen LogP) is 1.37. The van der Waals surface area contributed by atoms with E-state index in [1.807, 2.05) is 49.6 Å². The molecule has 1 atom stereocenters. The van der Waals surface area contributed by atoms with Crippen LogP contribution >= 0.6 is 0 Å². The third-order valence-electron chi connectivity index (χ3n) is 6.02. The first-order valence-electron chi connectivity index (χ1n) is 10.8. The van der Waals surface area contributed by atoms with Crippen LogP contribution in [0.2, 0.25) is 0 Å². The van der Waals surface area contributed by atoms with Crippen LogP contribution < -0.4 is 4.90 Å². The summed E-state index contributed by atoms with van der Waals surface area (Å²) in [5, 5.41) is 12.8. The Morgan fingerprint density at radius 3 is 2.43 bits per heavy atom.